The maximum atomic E-state index is 15.4. The Morgan fingerprint density at radius 3 is 2.55 bits per heavy atom. The molecule has 0 radical (unpaired) electrons. The van der Waals surface area contributed by atoms with E-state index in [0.717, 1.165) is 5.56 Å². The van der Waals surface area contributed by atoms with Gasteiger partial charge in [0.25, 0.3) is 11.4 Å². The molecule has 6 rings (SSSR count). The maximum absolute atomic E-state index is 15.4. The average molecular weight is 541 g/mol. The van der Waals surface area contributed by atoms with Gasteiger partial charge in [0, 0.05) is 19.2 Å². The Morgan fingerprint density at radius 1 is 1.02 bits per heavy atom. The van der Waals surface area contributed by atoms with Crippen LogP contribution in [0.15, 0.2) is 75.9 Å². The lowest BCUT2D eigenvalue weighted by molar-refractivity contribution is 0.0600. The van der Waals surface area contributed by atoms with Crippen molar-refractivity contribution in [3.8, 4) is 17.3 Å². The van der Waals surface area contributed by atoms with Crippen molar-refractivity contribution in [3.63, 3.8) is 0 Å². The van der Waals surface area contributed by atoms with Crippen molar-refractivity contribution in [1.82, 2.24) is 14.5 Å². The summed E-state index contributed by atoms with van der Waals surface area (Å²) in [6.45, 7) is 0.420. The van der Waals surface area contributed by atoms with E-state index in [1.807, 2.05) is 23.1 Å². The molecule has 10 heteroatoms. The minimum atomic E-state index is -0.697. The van der Waals surface area contributed by atoms with Crippen molar-refractivity contribution < 1.29 is 23.1 Å². The number of para-hydroxylation sites is 2. The number of aromatic nitrogens is 3. The summed E-state index contributed by atoms with van der Waals surface area (Å²) in [7, 11) is 4.28. The first kappa shape index (κ1) is 25.3. The molecule has 1 atom stereocenters. The third-order valence-electron chi connectivity index (χ3n) is 7.18. The van der Waals surface area contributed by atoms with E-state index in [1.54, 1.807) is 49.5 Å². The molecule has 40 heavy (non-hydrogen) atoms. The second-order valence-corrected chi connectivity index (χ2v) is 9.42. The van der Waals surface area contributed by atoms with Gasteiger partial charge < -0.3 is 18.8 Å². The molecule has 3 heterocycles. The van der Waals surface area contributed by atoms with Crippen LogP contribution in [0.4, 0.5) is 10.3 Å². The van der Waals surface area contributed by atoms with E-state index >= 15 is 4.39 Å². The lowest BCUT2D eigenvalue weighted by Gasteiger charge is -2.39. The molecule has 0 fully saturated rings. The van der Waals surface area contributed by atoms with Gasteiger partial charge in [-0.2, -0.15) is 0 Å². The molecular formula is C30H25FN4O5. The number of hydrogen-bond acceptors (Lipinski definition) is 8. The maximum Gasteiger partial charge on any atom is 0.337 e. The van der Waals surface area contributed by atoms with E-state index in [9.17, 15) is 9.59 Å². The van der Waals surface area contributed by atoms with E-state index in [4.69, 9.17) is 18.9 Å². The lowest BCUT2D eigenvalue weighted by Crippen LogP contribution is -2.41. The highest BCUT2D eigenvalue weighted by Crippen LogP contribution is 2.40. The van der Waals surface area contributed by atoms with Crippen LogP contribution in [0.25, 0.3) is 22.7 Å². The first-order chi connectivity index (χ1) is 19.4. The Hall–Kier alpha value is -4.99. The van der Waals surface area contributed by atoms with Crippen LogP contribution in [0.3, 0.4) is 0 Å². The quantitative estimate of drug-likeness (QED) is 0.297. The van der Waals surface area contributed by atoms with Crippen LogP contribution >= 0.6 is 0 Å². The molecule has 9 nitrogen and oxygen atoms in total. The van der Waals surface area contributed by atoms with Crippen molar-refractivity contribution in [2.24, 2.45) is 7.05 Å². The third-order valence-corrected chi connectivity index (χ3v) is 7.18. The van der Waals surface area contributed by atoms with Crippen LogP contribution in [0.1, 0.15) is 33.1 Å². The number of benzene rings is 3. The predicted molar refractivity (Wildman–Crippen MR) is 146 cm³/mol. The minimum absolute atomic E-state index is 0.0226. The van der Waals surface area contributed by atoms with E-state index in [0.29, 0.717) is 40.8 Å². The van der Waals surface area contributed by atoms with Crippen LogP contribution in [0.2, 0.25) is 0 Å². The second-order valence-electron chi connectivity index (χ2n) is 9.42. The number of carbonyl (C=O) groups is 1. The normalized spacial score (nSPS) is 14.7. The minimum Gasteiger partial charge on any atom is -0.489 e. The van der Waals surface area contributed by atoms with Crippen LogP contribution in [-0.4, -0.2) is 41.3 Å². The summed E-state index contributed by atoms with van der Waals surface area (Å²) in [5.74, 6) is -0.548. The first-order valence-electron chi connectivity index (χ1n) is 12.6. The zero-order valence-electron chi connectivity index (χ0n) is 22.1. The van der Waals surface area contributed by atoms with Crippen LogP contribution < -0.4 is 15.2 Å². The molecule has 0 spiro atoms. The Morgan fingerprint density at radius 2 is 1.80 bits per heavy atom. The van der Waals surface area contributed by atoms with E-state index in [2.05, 4.69) is 4.98 Å². The molecule has 2 aromatic heterocycles. The van der Waals surface area contributed by atoms with Gasteiger partial charge in [0.2, 0.25) is 11.7 Å². The summed E-state index contributed by atoms with van der Waals surface area (Å²) in [5.41, 5.74) is 3.21. The number of esters is 1. The van der Waals surface area contributed by atoms with Crippen LogP contribution in [0, 0.1) is 5.82 Å². The Labute approximate surface area is 228 Å². The van der Waals surface area contributed by atoms with E-state index in [-0.39, 0.29) is 23.3 Å². The van der Waals surface area contributed by atoms with Crippen LogP contribution in [-0.2, 0) is 18.2 Å². The Kier molecular flexibility index (Phi) is 6.30. The van der Waals surface area contributed by atoms with Crippen LogP contribution in [0.5, 0.6) is 5.75 Å². The van der Waals surface area contributed by atoms with Gasteiger partial charge in [0.15, 0.2) is 11.3 Å². The number of ether oxygens (including phenoxy) is 2. The molecule has 0 amide bonds. The molecule has 0 N–H and O–H groups in total. The molecular weight excluding hydrogens is 515 g/mol. The highest BCUT2D eigenvalue weighted by Gasteiger charge is 2.35. The highest BCUT2D eigenvalue weighted by atomic mass is 19.1. The Balaban J connectivity index is 1.58. The number of anilines is 1. The SMILES string of the molecule is COC(=O)c1ccc2c(c1)[C@H](c1ccccc1F)N(c1nc(-c3nc4ccccc4o3)c(OC)c(=O)n1C)CC2. The summed E-state index contributed by atoms with van der Waals surface area (Å²) in [6.07, 6.45) is 0.571. The van der Waals surface area contributed by atoms with Crippen molar-refractivity contribution in [2.75, 3.05) is 25.7 Å². The number of carbonyl (C=O) groups excluding carboxylic acids is 1. The van der Waals surface area contributed by atoms with E-state index < -0.39 is 23.4 Å². The summed E-state index contributed by atoms with van der Waals surface area (Å²) in [4.78, 5) is 37.2. The van der Waals surface area contributed by atoms with Gasteiger partial charge in [0.1, 0.15) is 11.3 Å². The van der Waals surface area contributed by atoms with Crippen molar-refractivity contribution >= 4 is 23.0 Å². The molecule has 1 aliphatic heterocycles. The zero-order chi connectivity index (χ0) is 28.0. The van der Waals surface area contributed by atoms with Crippen molar-refractivity contribution in [2.45, 2.75) is 12.5 Å². The summed E-state index contributed by atoms with van der Waals surface area (Å²) in [5, 5.41) is 0. The molecule has 1 aliphatic rings. The fourth-order valence-electron chi connectivity index (χ4n) is 5.24. The monoisotopic (exact) mass is 540 g/mol. The Bertz CT molecular complexity index is 1800. The van der Waals surface area contributed by atoms with E-state index in [1.165, 1.54) is 24.9 Å². The van der Waals surface area contributed by atoms with Crippen molar-refractivity contribution in [1.29, 1.82) is 0 Å². The molecule has 0 unspecified atom stereocenters. The number of halogens is 1. The first-order valence-corrected chi connectivity index (χ1v) is 12.6. The topological polar surface area (TPSA) is 99.7 Å². The van der Waals surface area contributed by atoms with Gasteiger partial charge in [-0.15, -0.1) is 0 Å². The average Bonchev–Trinajstić information content (AvgIpc) is 3.42. The van der Waals surface area contributed by atoms with Gasteiger partial charge in [-0.1, -0.05) is 36.4 Å². The molecule has 0 saturated carbocycles. The van der Waals surface area contributed by atoms with Crippen molar-refractivity contribution in [3.05, 3.63) is 105 Å². The van der Waals surface area contributed by atoms with Gasteiger partial charge in [-0.05, 0) is 47.9 Å². The summed E-state index contributed by atoms with van der Waals surface area (Å²) < 4.78 is 33.1. The van der Waals surface area contributed by atoms with Gasteiger partial charge >= 0.3 is 5.97 Å². The summed E-state index contributed by atoms with van der Waals surface area (Å²) >= 11 is 0. The number of nitrogens with zero attached hydrogens (tertiary/aromatic N) is 4. The fraction of sp³-hybridized carbons (Fsp3) is 0.200. The number of rotatable bonds is 5. The standard InChI is InChI=1S/C30H25FN4O5/c1-34-28(36)26(38-2)24(27-32-22-10-6-7-11-23(22)40-27)33-30(34)35-15-14-17-12-13-18(29(37)39-3)16-20(17)25(35)19-8-4-5-9-21(19)31/h4-13,16,25H,14-15H2,1-3H3/t25-/m0/s1. The second kappa shape index (κ2) is 9.96. The molecule has 202 valence electrons. The van der Waals surface area contributed by atoms with Gasteiger partial charge in [-0.3, -0.25) is 9.36 Å². The molecule has 0 bridgehead atoms. The number of hydrogen-bond donors (Lipinski definition) is 0. The van der Waals surface area contributed by atoms with Gasteiger partial charge in [0.05, 0.1) is 25.8 Å². The third kappa shape index (κ3) is 4.08. The number of oxazole rings is 1. The number of methoxy groups -OCH3 is 2. The fourth-order valence-corrected chi connectivity index (χ4v) is 5.24. The highest BCUT2D eigenvalue weighted by molar-refractivity contribution is 5.89. The molecule has 3 aromatic carbocycles. The summed E-state index contributed by atoms with van der Waals surface area (Å²) in [6, 6.07) is 18.2. The smallest absolute Gasteiger partial charge is 0.337 e. The molecule has 5 aromatic rings. The lowest BCUT2D eigenvalue weighted by atomic mass is 9.87. The molecule has 0 aliphatic carbocycles. The predicted octanol–water partition coefficient (Wildman–Crippen LogP) is 4.67. The molecule has 0 saturated heterocycles. The van der Waals surface area contributed by atoms with Gasteiger partial charge in [-0.25, -0.2) is 19.2 Å². The zero-order valence-corrected chi connectivity index (χ0v) is 22.1. The number of fused-ring (bicyclic) bond motifs is 2. The largest absolute Gasteiger partial charge is 0.489 e.